The van der Waals surface area contributed by atoms with Crippen LogP contribution in [-0.4, -0.2) is 17.7 Å². The van der Waals surface area contributed by atoms with Gasteiger partial charge in [-0.2, -0.15) is 0 Å². The van der Waals surface area contributed by atoms with Crippen LogP contribution in [0.4, 0.5) is 5.69 Å². The number of fused-ring (bicyclic) bond motifs is 1. The van der Waals surface area contributed by atoms with Crippen molar-refractivity contribution in [1.29, 1.82) is 0 Å². The Kier molecular flexibility index (Phi) is 4.49. The molecular formula is C20H22N2O2. The maximum Gasteiger partial charge on any atom is 0.244 e. The number of hydrogen-bond acceptors (Lipinski definition) is 3. The lowest BCUT2D eigenvalue weighted by molar-refractivity contribution is -0.120. The van der Waals surface area contributed by atoms with Gasteiger partial charge in [0, 0.05) is 17.7 Å². The summed E-state index contributed by atoms with van der Waals surface area (Å²) in [5.74, 6) is -0.0209. The molecule has 0 unspecified atom stereocenters. The zero-order valence-corrected chi connectivity index (χ0v) is 14.0. The number of carbonyl (C=O) groups excluding carboxylic acids is 2. The van der Waals surface area contributed by atoms with Crippen molar-refractivity contribution in [2.75, 3.05) is 4.90 Å². The lowest BCUT2D eigenvalue weighted by Gasteiger charge is -2.37. The number of carbonyl (C=O) groups is 2. The van der Waals surface area contributed by atoms with E-state index < -0.39 is 6.04 Å². The Morgan fingerprint density at radius 1 is 1.25 bits per heavy atom. The molecule has 3 rings (SSSR count). The van der Waals surface area contributed by atoms with Crippen LogP contribution in [0.1, 0.15) is 47.8 Å². The topological polar surface area (TPSA) is 63.4 Å². The second-order valence-electron chi connectivity index (χ2n) is 6.23. The van der Waals surface area contributed by atoms with E-state index in [9.17, 15) is 9.59 Å². The molecule has 24 heavy (non-hydrogen) atoms. The molecule has 4 nitrogen and oxygen atoms in total. The van der Waals surface area contributed by atoms with Gasteiger partial charge in [0.15, 0.2) is 5.78 Å². The van der Waals surface area contributed by atoms with Crippen molar-refractivity contribution >= 4 is 17.4 Å². The van der Waals surface area contributed by atoms with Crippen LogP contribution in [-0.2, 0) is 11.2 Å². The van der Waals surface area contributed by atoms with Gasteiger partial charge >= 0.3 is 0 Å². The molecular weight excluding hydrogens is 300 g/mol. The Morgan fingerprint density at radius 2 is 1.96 bits per heavy atom. The van der Waals surface area contributed by atoms with E-state index in [1.54, 1.807) is 4.90 Å². The molecule has 0 spiro atoms. The molecule has 0 aromatic heterocycles. The summed E-state index contributed by atoms with van der Waals surface area (Å²) in [6.07, 6.45) is 0.952. The zero-order chi connectivity index (χ0) is 17.3. The summed E-state index contributed by atoms with van der Waals surface area (Å²) in [4.78, 5) is 26.6. The van der Waals surface area contributed by atoms with Crippen LogP contribution in [0, 0.1) is 0 Å². The molecule has 0 radical (unpaired) electrons. The number of nitrogens with two attached hydrogens (primary N) is 1. The van der Waals surface area contributed by atoms with Crippen LogP contribution in [0.3, 0.4) is 0 Å². The SMILES string of the molecule is CCC(=O)c1ccc2c(c1)N([C@@H](C)c1ccccc1)C(=O)[C@H](N)C2. The van der Waals surface area contributed by atoms with Gasteiger partial charge in [0.25, 0.3) is 0 Å². The highest BCUT2D eigenvalue weighted by Crippen LogP contribution is 2.35. The monoisotopic (exact) mass is 322 g/mol. The maximum atomic E-state index is 12.8. The first-order valence-electron chi connectivity index (χ1n) is 8.32. The van der Waals surface area contributed by atoms with Crippen molar-refractivity contribution < 1.29 is 9.59 Å². The van der Waals surface area contributed by atoms with Gasteiger partial charge in [0.1, 0.15) is 0 Å². The van der Waals surface area contributed by atoms with E-state index in [4.69, 9.17) is 5.73 Å². The van der Waals surface area contributed by atoms with Crippen LogP contribution in [0.5, 0.6) is 0 Å². The highest BCUT2D eigenvalue weighted by molar-refractivity contribution is 6.03. The third-order valence-electron chi connectivity index (χ3n) is 4.65. The predicted molar refractivity (Wildman–Crippen MR) is 95.1 cm³/mol. The first kappa shape index (κ1) is 16.4. The molecule has 2 aromatic carbocycles. The highest BCUT2D eigenvalue weighted by Gasteiger charge is 2.34. The minimum atomic E-state index is -0.545. The molecule has 1 aliphatic rings. The molecule has 0 saturated carbocycles. The van der Waals surface area contributed by atoms with Crippen molar-refractivity contribution in [1.82, 2.24) is 0 Å². The average Bonchev–Trinajstić information content (AvgIpc) is 2.62. The smallest absolute Gasteiger partial charge is 0.244 e. The number of benzene rings is 2. The van der Waals surface area contributed by atoms with Crippen LogP contribution < -0.4 is 10.6 Å². The van der Waals surface area contributed by atoms with Gasteiger partial charge in [-0.3, -0.25) is 9.59 Å². The third-order valence-corrected chi connectivity index (χ3v) is 4.65. The van der Waals surface area contributed by atoms with Crippen molar-refractivity contribution in [2.24, 2.45) is 5.73 Å². The van der Waals surface area contributed by atoms with E-state index in [1.165, 1.54) is 0 Å². The normalized spacial score (nSPS) is 18.2. The molecule has 1 aliphatic heterocycles. The molecule has 0 bridgehead atoms. The van der Waals surface area contributed by atoms with Gasteiger partial charge in [0.05, 0.1) is 12.1 Å². The molecule has 2 aromatic rings. The Labute approximate surface area is 142 Å². The number of rotatable bonds is 4. The fraction of sp³-hybridized carbons (Fsp3) is 0.300. The Balaban J connectivity index is 2.08. The fourth-order valence-corrected chi connectivity index (χ4v) is 3.24. The number of anilines is 1. The van der Waals surface area contributed by atoms with Gasteiger partial charge in [0.2, 0.25) is 5.91 Å². The fourth-order valence-electron chi connectivity index (χ4n) is 3.24. The summed E-state index contributed by atoms with van der Waals surface area (Å²) in [5, 5.41) is 0. The quantitative estimate of drug-likeness (QED) is 0.879. The van der Waals surface area contributed by atoms with Crippen LogP contribution >= 0.6 is 0 Å². The molecule has 4 heteroatoms. The minimum absolute atomic E-state index is 0.0763. The molecule has 0 aliphatic carbocycles. The lowest BCUT2D eigenvalue weighted by atomic mass is 9.92. The average molecular weight is 322 g/mol. The lowest BCUT2D eigenvalue weighted by Crippen LogP contribution is -2.49. The summed E-state index contributed by atoms with van der Waals surface area (Å²) in [6, 6.07) is 14.8. The summed E-state index contributed by atoms with van der Waals surface area (Å²) in [5.41, 5.74) is 9.56. The zero-order valence-electron chi connectivity index (χ0n) is 14.0. The van der Waals surface area contributed by atoms with Gasteiger partial charge in [-0.1, -0.05) is 49.4 Å². The molecule has 0 fully saturated rings. The molecule has 1 heterocycles. The Bertz CT molecular complexity index is 770. The third kappa shape index (κ3) is 2.85. The van der Waals surface area contributed by atoms with Crippen molar-refractivity contribution in [2.45, 2.75) is 38.8 Å². The Morgan fingerprint density at radius 3 is 2.62 bits per heavy atom. The molecule has 2 N–H and O–H groups in total. The minimum Gasteiger partial charge on any atom is -0.320 e. The van der Waals surface area contributed by atoms with Gasteiger partial charge in [-0.15, -0.1) is 0 Å². The van der Waals surface area contributed by atoms with E-state index >= 15 is 0 Å². The van der Waals surface area contributed by atoms with Gasteiger partial charge < -0.3 is 10.6 Å². The number of Topliss-reactive ketones (excluding diaryl/α,β-unsaturated/α-hetero) is 1. The van der Waals surface area contributed by atoms with Crippen LogP contribution in [0.15, 0.2) is 48.5 Å². The maximum absolute atomic E-state index is 12.8. The summed E-state index contributed by atoms with van der Waals surface area (Å²) < 4.78 is 0. The van der Waals surface area contributed by atoms with Crippen molar-refractivity contribution in [3.8, 4) is 0 Å². The van der Waals surface area contributed by atoms with E-state index in [0.29, 0.717) is 18.4 Å². The summed E-state index contributed by atoms with van der Waals surface area (Å²) >= 11 is 0. The van der Waals surface area contributed by atoms with Gasteiger partial charge in [-0.25, -0.2) is 0 Å². The highest BCUT2D eigenvalue weighted by atomic mass is 16.2. The van der Waals surface area contributed by atoms with E-state index in [0.717, 1.165) is 16.8 Å². The first-order chi connectivity index (χ1) is 11.5. The van der Waals surface area contributed by atoms with Gasteiger partial charge in [-0.05, 0) is 30.5 Å². The molecule has 124 valence electrons. The second-order valence-corrected chi connectivity index (χ2v) is 6.23. The first-order valence-corrected chi connectivity index (χ1v) is 8.32. The largest absolute Gasteiger partial charge is 0.320 e. The predicted octanol–water partition coefficient (Wildman–Crippen LogP) is 3.26. The van der Waals surface area contributed by atoms with E-state index in [2.05, 4.69) is 0 Å². The standard InChI is InChI=1S/C20H22N2O2/c1-3-19(23)16-10-9-15-11-17(21)20(24)22(18(15)12-16)13(2)14-7-5-4-6-8-14/h4-10,12-13,17H,3,11,21H2,1-2H3/t13-,17+/m0/s1. The number of amides is 1. The van der Waals surface area contributed by atoms with Crippen LogP contribution in [0.2, 0.25) is 0 Å². The molecule has 1 amide bonds. The Hall–Kier alpha value is -2.46. The van der Waals surface area contributed by atoms with E-state index in [1.807, 2.05) is 62.4 Å². The van der Waals surface area contributed by atoms with Crippen LogP contribution in [0.25, 0.3) is 0 Å². The van der Waals surface area contributed by atoms with Crippen molar-refractivity contribution in [3.63, 3.8) is 0 Å². The number of nitrogens with zero attached hydrogens (tertiary/aromatic N) is 1. The number of hydrogen-bond donors (Lipinski definition) is 1. The molecule has 2 atom stereocenters. The number of ketones is 1. The van der Waals surface area contributed by atoms with Crippen molar-refractivity contribution in [3.05, 3.63) is 65.2 Å². The second kappa shape index (κ2) is 6.57. The van der Waals surface area contributed by atoms with E-state index in [-0.39, 0.29) is 17.7 Å². The summed E-state index contributed by atoms with van der Waals surface area (Å²) in [6.45, 7) is 3.83. The molecule has 0 saturated heterocycles. The summed E-state index contributed by atoms with van der Waals surface area (Å²) in [7, 11) is 0.